The highest BCUT2D eigenvalue weighted by molar-refractivity contribution is 6.05. The Kier molecular flexibility index (Phi) is 4.10. The molecule has 0 saturated carbocycles. The average molecular weight is 335 g/mol. The summed E-state index contributed by atoms with van der Waals surface area (Å²) in [4.78, 5) is 12.1. The van der Waals surface area contributed by atoms with Gasteiger partial charge in [-0.2, -0.15) is 5.26 Å². The monoisotopic (exact) mass is 335 g/mol. The molecule has 2 saturated heterocycles. The Labute approximate surface area is 149 Å². The van der Waals surface area contributed by atoms with Gasteiger partial charge in [0.2, 0.25) is 0 Å². The van der Waals surface area contributed by atoms with E-state index in [9.17, 15) is 0 Å². The predicted molar refractivity (Wildman–Crippen MR) is 100 cm³/mol. The molecule has 0 N–H and O–H groups in total. The number of likely N-dealkylation sites (tertiary alicyclic amines) is 1. The lowest BCUT2D eigenvalue weighted by Gasteiger charge is -2.39. The zero-order chi connectivity index (χ0) is 17.4. The van der Waals surface area contributed by atoms with Gasteiger partial charge >= 0.3 is 0 Å². The average Bonchev–Trinajstić information content (AvgIpc) is 2.83. The Balaban J connectivity index is 1.80. The van der Waals surface area contributed by atoms with Crippen molar-refractivity contribution in [3.8, 4) is 6.07 Å². The van der Waals surface area contributed by atoms with E-state index in [1.165, 1.54) is 11.3 Å². The topological polar surface area (TPSA) is 45.9 Å². The van der Waals surface area contributed by atoms with E-state index < -0.39 is 0 Å². The maximum atomic E-state index is 9.10. The number of nitrogens with zero attached hydrogens (tertiary/aromatic N) is 5. The van der Waals surface area contributed by atoms with Gasteiger partial charge in [-0.25, -0.2) is 0 Å². The van der Waals surface area contributed by atoms with E-state index in [1.807, 2.05) is 6.20 Å². The minimum absolute atomic E-state index is 0.0889. The van der Waals surface area contributed by atoms with Crippen LogP contribution in [0.15, 0.2) is 52.3 Å². The molecule has 0 radical (unpaired) electrons. The summed E-state index contributed by atoms with van der Waals surface area (Å²) in [5.41, 5.74) is 4.98. The lowest BCUT2D eigenvalue weighted by molar-refractivity contribution is 0.188. The summed E-state index contributed by atoms with van der Waals surface area (Å²) < 4.78 is 0. The number of hydrogen-bond donors (Lipinski definition) is 0. The third-order valence-corrected chi connectivity index (χ3v) is 5.85. The van der Waals surface area contributed by atoms with Crippen LogP contribution < -0.4 is 0 Å². The molecule has 0 amide bonds. The van der Waals surface area contributed by atoms with E-state index in [2.05, 4.69) is 53.1 Å². The molecule has 0 aromatic carbocycles. The Morgan fingerprint density at radius 2 is 1.92 bits per heavy atom. The van der Waals surface area contributed by atoms with Crippen LogP contribution in [-0.2, 0) is 0 Å². The minimum atomic E-state index is -0.0889. The maximum absolute atomic E-state index is 9.10. The van der Waals surface area contributed by atoms with Crippen molar-refractivity contribution in [1.82, 2.24) is 14.7 Å². The van der Waals surface area contributed by atoms with Crippen LogP contribution in [0, 0.1) is 16.7 Å². The van der Waals surface area contributed by atoms with Gasteiger partial charge in [0.15, 0.2) is 0 Å². The molecule has 3 heterocycles. The zero-order valence-corrected chi connectivity index (χ0v) is 15.1. The van der Waals surface area contributed by atoms with Gasteiger partial charge in [-0.15, -0.1) is 0 Å². The molecule has 1 atom stereocenters. The normalized spacial score (nSPS) is 31.6. The molecular formula is C20H25N5. The summed E-state index contributed by atoms with van der Waals surface area (Å²) in [6.45, 7) is 6.25. The molecule has 1 aliphatic carbocycles. The number of nitriles is 1. The van der Waals surface area contributed by atoms with Crippen LogP contribution >= 0.6 is 0 Å². The molecular weight excluding hydrogens is 310 g/mol. The SMILES string of the molecule is CN1CCN(C2=C3CN(C)CC34C/C(=C\C#N)C=CC4=NC=C2)CC1. The molecule has 5 nitrogen and oxygen atoms in total. The molecule has 5 heteroatoms. The summed E-state index contributed by atoms with van der Waals surface area (Å²) in [6, 6.07) is 2.20. The van der Waals surface area contributed by atoms with Crippen molar-refractivity contribution in [3.63, 3.8) is 0 Å². The molecule has 0 aromatic rings. The molecule has 1 unspecified atom stereocenters. The first-order valence-corrected chi connectivity index (χ1v) is 9.00. The Morgan fingerprint density at radius 3 is 2.68 bits per heavy atom. The summed E-state index contributed by atoms with van der Waals surface area (Å²) in [5.74, 6) is 0. The molecule has 130 valence electrons. The van der Waals surface area contributed by atoms with Crippen LogP contribution in [0.1, 0.15) is 6.42 Å². The highest BCUT2D eigenvalue weighted by atomic mass is 15.3. The fraction of sp³-hybridized carbons (Fsp3) is 0.500. The van der Waals surface area contributed by atoms with Gasteiger partial charge in [-0.1, -0.05) is 6.08 Å². The van der Waals surface area contributed by atoms with Crippen molar-refractivity contribution in [1.29, 1.82) is 5.26 Å². The summed E-state index contributed by atoms with van der Waals surface area (Å²) >= 11 is 0. The minimum Gasteiger partial charge on any atom is -0.369 e. The highest BCUT2D eigenvalue weighted by Crippen LogP contribution is 2.47. The van der Waals surface area contributed by atoms with E-state index in [0.717, 1.165) is 57.0 Å². The van der Waals surface area contributed by atoms with Crippen LogP contribution in [0.5, 0.6) is 0 Å². The Bertz CT molecular complexity index is 755. The second-order valence-corrected chi connectivity index (χ2v) is 7.60. The van der Waals surface area contributed by atoms with Crippen LogP contribution in [0.2, 0.25) is 0 Å². The fourth-order valence-corrected chi connectivity index (χ4v) is 4.58. The first kappa shape index (κ1) is 16.3. The predicted octanol–water partition coefficient (Wildman–Crippen LogP) is 1.80. The van der Waals surface area contributed by atoms with Gasteiger partial charge in [-0.3, -0.25) is 4.99 Å². The third-order valence-electron chi connectivity index (χ3n) is 5.85. The van der Waals surface area contributed by atoms with Crippen molar-refractivity contribution in [3.05, 3.63) is 47.3 Å². The molecule has 3 aliphatic heterocycles. The second kappa shape index (κ2) is 6.29. The van der Waals surface area contributed by atoms with Crippen molar-refractivity contribution in [2.24, 2.45) is 10.4 Å². The third kappa shape index (κ3) is 2.76. The van der Waals surface area contributed by atoms with Gasteiger partial charge in [0.05, 0.1) is 17.2 Å². The number of hydrogen-bond acceptors (Lipinski definition) is 5. The maximum Gasteiger partial charge on any atom is 0.0914 e. The number of rotatable bonds is 1. The first-order chi connectivity index (χ1) is 12.1. The number of likely N-dealkylation sites (N-methyl/N-ethyl adjacent to an activating group) is 2. The summed E-state index contributed by atoms with van der Waals surface area (Å²) in [7, 11) is 4.38. The van der Waals surface area contributed by atoms with Crippen LogP contribution in [0.4, 0.5) is 0 Å². The molecule has 25 heavy (non-hydrogen) atoms. The lowest BCUT2D eigenvalue weighted by Crippen LogP contribution is -2.45. The number of piperazine rings is 1. The zero-order valence-electron chi connectivity index (χ0n) is 15.1. The smallest absolute Gasteiger partial charge is 0.0914 e. The van der Waals surface area contributed by atoms with Crippen molar-refractivity contribution >= 4 is 5.71 Å². The fourth-order valence-electron chi connectivity index (χ4n) is 4.58. The van der Waals surface area contributed by atoms with Crippen LogP contribution in [0.3, 0.4) is 0 Å². The molecule has 1 spiro atoms. The number of aliphatic imine (C=N–C) groups is 1. The largest absolute Gasteiger partial charge is 0.369 e. The second-order valence-electron chi connectivity index (χ2n) is 7.60. The van der Waals surface area contributed by atoms with E-state index in [1.54, 1.807) is 6.08 Å². The standard InChI is InChI=1S/C20H25N5/c1-23-9-11-25(12-10-23)18-6-8-22-19-4-3-16(5-7-21)13-20(19)15-24(2)14-17(18)20/h3-6,8H,9-15H2,1-2H3/b16-5-. The highest BCUT2D eigenvalue weighted by Gasteiger charge is 2.48. The van der Waals surface area contributed by atoms with Gasteiger partial charge in [0.1, 0.15) is 0 Å². The quantitative estimate of drug-likeness (QED) is 0.686. The van der Waals surface area contributed by atoms with E-state index in [0.29, 0.717) is 0 Å². The van der Waals surface area contributed by atoms with Crippen molar-refractivity contribution < 1.29 is 0 Å². The van der Waals surface area contributed by atoms with E-state index >= 15 is 0 Å². The van der Waals surface area contributed by atoms with Crippen LogP contribution in [0.25, 0.3) is 0 Å². The molecule has 0 aromatic heterocycles. The van der Waals surface area contributed by atoms with Gasteiger partial charge in [0.25, 0.3) is 0 Å². The molecule has 0 bridgehead atoms. The first-order valence-electron chi connectivity index (χ1n) is 9.00. The summed E-state index contributed by atoms with van der Waals surface area (Å²) in [6.07, 6.45) is 10.9. The van der Waals surface area contributed by atoms with Gasteiger partial charge in [-0.05, 0) is 43.8 Å². The Morgan fingerprint density at radius 1 is 1.12 bits per heavy atom. The van der Waals surface area contributed by atoms with E-state index in [4.69, 9.17) is 10.3 Å². The van der Waals surface area contributed by atoms with Crippen molar-refractivity contribution in [2.45, 2.75) is 6.42 Å². The Hall–Kier alpha value is -2.16. The van der Waals surface area contributed by atoms with Gasteiger partial charge in [0, 0.05) is 57.2 Å². The molecule has 4 rings (SSSR count). The van der Waals surface area contributed by atoms with E-state index in [-0.39, 0.29) is 5.41 Å². The summed E-state index contributed by atoms with van der Waals surface area (Å²) in [5, 5.41) is 9.10. The molecule has 2 fully saturated rings. The van der Waals surface area contributed by atoms with Crippen LogP contribution in [-0.4, -0.2) is 73.8 Å². The molecule has 4 aliphatic rings. The lowest BCUT2D eigenvalue weighted by atomic mass is 9.69. The van der Waals surface area contributed by atoms with Crippen molar-refractivity contribution in [2.75, 3.05) is 53.4 Å². The number of allylic oxidation sites excluding steroid dienone is 5. The van der Waals surface area contributed by atoms with Gasteiger partial charge < -0.3 is 14.7 Å².